The number of nitrogens with zero attached hydrogens (tertiary/aromatic N) is 3. The molecule has 0 saturated carbocycles. The summed E-state index contributed by atoms with van der Waals surface area (Å²) >= 11 is 1.56. The Bertz CT molecular complexity index is 802. The average Bonchev–Trinajstić information content (AvgIpc) is 3.36. The summed E-state index contributed by atoms with van der Waals surface area (Å²) in [6, 6.07) is 1.59. The predicted molar refractivity (Wildman–Crippen MR) is 107 cm³/mol. The van der Waals surface area contributed by atoms with Gasteiger partial charge in [0.2, 0.25) is 11.7 Å². The van der Waals surface area contributed by atoms with Crippen molar-refractivity contribution in [2.45, 2.75) is 53.0 Å². The lowest BCUT2D eigenvalue weighted by Crippen LogP contribution is -2.45. The number of aryl methyl sites for hydroxylation is 1. The molecule has 1 N–H and O–H groups in total. The van der Waals surface area contributed by atoms with Crippen molar-refractivity contribution < 1.29 is 14.1 Å². The first kappa shape index (κ1) is 20.5. The molecule has 152 valence electrons. The number of piperidine rings is 1. The van der Waals surface area contributed by atoms with E-state index in [4.69, 9.17) is 4.52 Å². The van der Waals surface area contributed by atoms with E-state index < -0.39 is 5.41 Å². The summed E-state index contributed by atoms with van der Waals surface area (Å²) in [6.45, 7) is 8.94. The van der Waals surface area contributed by atoms with Crippen molar-refractivity contribution in [3.8, 4) is 0 Å². The van der Waals surface area contributed by atoms with Gasteiger partial charge in [0.25, 0.3) is 5.91 Å². The monoisotopic (exact) mass is 404 g/mol. The van der Waals surface area contributed by atoms with Crippen molar-refractivity contribution in [3.05, 3.63) is 34.1 Å². The first-order valence-electron chi connectivity index (χ1n) is 9.74. The highest BCUT2D eigenvalue weighted by molar-refractivity contribution is 7.09. The van der Waals surface area contributed by atoms with Gasteiger partial charge in [-0.25, -0.2) is 4.98 Å². The van der Waals surface area contributed by atoms with E-state index in [1.165, 1.54) is 0 Å². The lowest BCUT2D eigenvalue weighted by atomic mass is 9.87. The van der Waals surface area contributed by atoms with Crippen LogP contribution in [-0.2, 0) is 11.2 Å². The van der Waals surface area contributed by atoms with Crippen LogP contribution in [0.15, 0.2) is 22.2 Å². The number of amides is 2. The van der Waals surface area contributed by atoms with E-state index in [1.807, 2.05) is 33.1 Å². The number of rotatable bonds is 5. The maximum absolute atomic E-state index is 12.7. The number of nitrogens with one attached hydrogen (secondary N) is 1. The second-order valence-corrected chi connectivity index (χ2v) is 9.16. The van der Waals surface area contributed by atoms with E-state index in [2.05, 4.69) is 15.5 Å². The zero-order valence-electron chi connectivity index (χ0n) is 16.9. The molecule has 0 radical (unpaired) electrons. The molecule has 8 heteroatoms. The molecule has 0 spiro atoms. The van der Waals surface area contributed by atoms with Crippen molar-refractivity contribution in [2.75, 3.05) is 13.1 Å². The van der Waals surface area contributed by atoms with Crippen LogP contribution in [0.4, 0.5) is 0 Å². The van der Waals surface area contributed by atoms with Crippen molar-refractivity contribution in [2.24, 2.45) is 11.3 Å². The summed E-state index contributed by atoms with van der Waals surface area (Å²) in [5, 5.41) is 9.95. The normalized spacial score (nSPS) is 16.8. The van der Waals surface area contributed by atoms with Gasteiger partial charge in [-0.15, -0.1) is 11.3 Å². The molecule has 0 bridgehead atoms. The molecule has 1 aliphatic rings. The highest BCUT2D eigenvalue weighted by Gasteiger charge is 2.34. The molecular formula is C20H28N4O3S. The van der Waals surface area contributed by atoms with Crippen molar-refractivity contribution in [1.82, 2.24) is 20.4 Å². The smallest absolute Gasteiger partial charge is 0.292 e. The number of likely N-dealkylation sites (tertiary alicyclic amines) is 1. The zero-order valence-corrected chi connectivity index (χ0v) is 17.7. The minimum Gasteiger partial charge on any atom is -0.351 e. The third-order valence-electron chi connectivity index (χ3n) is 5.12. The molecule has 0 aliphatic carbocycles. The van der Waals surface area contributed by atoms with Gasteiger partial charge in [-0.05, 0) is 25.2 Å². The van der Waals surface area contributed by atoms with Crippen LogP contribution in [0.1, 0.15) is 67.8 Å². The van der Waals surface area contributed by atoms with E-state index in [9.17, 15) is 9.59 Å². The topological polar surface area (TPSA) is 88.3 Å². The van der Waals surface area contributed by atoms with Gasteiger partial charge in [-0.3, -0.25) is 9.59 Å². The summed E-state index contributed by atoms with van der Waals surface area (Å²) in [6.07, 6.45) is 4.11. The van der Waals surface area contributed by atoms with E-state index in [-0.39, 0.29) is 23.8 Å². The molecule has 2 amide bonds. The van der Waals surface area contributed by atoms with Crippen LogP contribution >= 0.6 is 11.3 Å². The van der Waals surface area contributed by atoms with Gasteiger partial charge in [-0.1, -0.05) is 32.9 Å². The summed E-state index contributed by atoms with van der Waals surface area (Å²) < 4.78 is 5.19. The molecule has 0 aromatic carbocycles. The third-order valence-corrected chi connectivity index (χ3v) is 5.97. The average molecular weight is 405 g/mol. The summed E-state index contributed by atoms with van der Waals surface area (Å²) in [5.74, 6) is 0.436. The second-order valence-electron chi connectivity index (χ2n) is 8.24. The molecule has 3 rings (SSSR count). The van der Waals surface area contributed by atoms with E-state index >= 15 is 0 Å². The van der Waals surface area contributed by atoms with Gasteiger partial charge >= 0.3 is 0 Å². The molecule has 1 fully saturated rings. The summed E-state index contributed by atoms with van der Waals surface area (Å²) in [5.41, 5.74) is 0.321. The van der Waals surface area contributed by atoms with Crippen LogP contribution in [0.3, 0.4) is 0 Å². The fourth-order valence-corrected chi connectivity index (χ4v) is 4.08. The van der Waals surface area contributed by atoms with Gasteiger partial charge in [0.15, 0.2) is 0 Å². The highest BCUT2D eigenvalue weighted by Crippen LogP contribution is 2.33. The van der Waals surface area contributed by atoms with E-state index in [1.54, 1.807) is 28.5 Å². The maximum atomic E-state index is 12.7. The van der Waals surface area contributed by atoms with Crippen molar-refractivity contribution in [3.63, 3.8) is 0 Å². The molecular weight excluding hydrogens is 376 g/mol. The number of hydrogen-bond donors (Lipinski definition) is 1. The Balaban J connectivity index is 1.66. The van der Waals surface area contributed by atoms with Crippen LogP contribution in [0.5, 0.6) is 0 Å². The van der Waals surface area contributed by atoms with Crippen molar-refractivity contribution in [1.29, 1.82) is 0 Å². The second kappa shape index (κ2) is 8.43. The molecule has 7 nitrogen and oxygen atoms in total. The lowest BCUT2D eigenvalue weighted by molar-refractivity contribution is -0.129. The third kappa shape index (κ3) is 4.60. The fraction of sp³-hybridized carbons (Fsp3) is 0.600. The molecule has 0 unspecified atom stereocenters. The Morgan fingerprint density at radius 1 is 1.36 bits per heavy atom. The van der Waals surface area contributed by atoms with E-state index in [0.717, 1.165) is 30.0 Å². The summed E-state index contributed by atoms with van der Waals surface area (Å²) in [4.78, 5) is 31.5. The highest BCUT2D eigenvalue weighted by atomic mass is 32.1. The SMILES string of the molecule is CCc1cc(C(=O)N2CCC([C@H](NC(=O)C(C)(C)C)c3nccs3)CC2)on1. The molecule has 1 aliphatic heterocycles. The Labute approximate surface area is 169 Å². The Morgan fingerprint density at radius 2 is 2.07 bits per heavy atom. The van der Waals surface area contributed by atoms with E-state index in [0.29, 0.717) is 18.8 Å². The predicted octanol–water partition coefficient (Wildman–Crippen LogP) is 3.45. The number of carbonyl (C=O) groups excluding carboxylic acids is 2. The van der Waals surface area contributed by atoms with Crippen LogP contribution in [-0.4, -0.2) is 39.9 Å². The molecule has 2 aromatic rings. The van der Waals surface area contributed by atoms with Gasteiger partial charge in [0.1, 0.15) is 5.01 Å². The summed E-state index contributed by atoms with van der Waals surface area (Å²) in [7, 11) is 0. The molecule has 3 heterocycles. The van der Waals surface area contributed by atoms with Gasteiger partial charge < -0.3 is 14.7 Å². The number of hydrogen-bond acceptors (Lipinski definition) is 6. The number of thiazole rings is 1. The molecule has 2 aromatic heterocycles. The minimum absolute atomic E-state index is 0.0139. The fourth-order valence-electron chi connectivity index (χ4n) is 3.30. The standard InChI is InChI=1S/C20H28N4O3S/c1-5-14-12-15(27-23-14)18(25)24-9-6-13(7-10-24)16(17-21-8-11-28-17)22-19(26)20(2,3)4/h8,11-13,16H,5-7,9-10H2,1-4H3,(H,22,26)/t16-/m0/s1. The number of aromatic nitrogens is 2. The molecule has 28 heavy (non-hydrogen) atoms. The first-order chi connectivity index (χ1) is 13.3. The maximum Gasteiger partial charge on any atom is 0.292 e. The lowest BCUT2D eigenvalue weighted by Gasteiger charge is -2.36. The zero-order chi connectivity index (χ0) is 20.3. The quantitative estimate of drug-likeness (QED) is 0.825. The Hall–Kier alpha value is -2.22. The van der Waals surface area contributed by atoms with Crippen LogP contribution in [0.2, 0.25) is 0 Å². The Kier molecular flexibility index (Phi) is 6.17. The van der Waals surface area contributed by atoms with Crippen LogP contribution in [0.25, 0.3) is 0 Å². The molecule has 1 saturated heterocycles. The molecule has 1 atom stereocenters. The van der Waals surface area contributed by atoms with Crippen LogP contribution < -0.4 is 5.32 Å². The van der Waals surface area contributed by atoms with Gasteiger partial charge in [0, 0.05) is 36.1 Å². The van der Waals surface area contributed by atoms with Gasteiger partial charge in [-0.2, -0.15) is 0 Å². The van der Waals surface area contributed by atoms with Crippen molar-refractivity contribution >= 4 is 23.2 Å². The Morgan fingerprint density at radius 3 is 2.61 bits per heavy atom. The first-order valence-corrected chi connectivity index (χ1v) is 10.6. The number of carbonyl (C=O) groups is 2. The largest absolute Gasteiger partial charge is 0.351 e. The minimum atomic E-state index is -0.463. The van der Waals surface area contributed by atoms with Gasteiger partial charge in [0.05, 0.1) is 11.7 Å². The van der Waals surface area contributed by atoms with Crippen LogP contribution in [0, 0.1) is 11.3 Å².